The molecule has 0 saturated heterocycles. The van der Waals surface area contributed by atoms with Gasteiger partial charge in [-0.3, -0.25) is 0 Å². The van der Waals surface area contributed by atoms with Gasteiger partial charge in [-0.25, -0.2) is 0 Å². The van der Waals surface area contributed by atoms with E-state index in [1.165, 1.54) is 0 Å². The van der Waals surface area contributed by atoms with Gasteiger partial charge in [0.15, 0.2) is 11.5 Å². The van der Waals surface area contributed by atoms with Crippen LogP contribution in [0, 0.1) is 0 Å². The first-order valence-electron chi connectivity index (χ1n) is 6.46. The minimum atomic E-state index is 0.499. The molecule has 0 aromatic heterocycles. The number of hydrogen-bond donors (Lipinski definition) is 1. The summed E-state index contributed by atoms with van der Waals surface area (Å²) in [5.74, 6) is 1.50. The maximum Gasteiger partial charge on any atom is 0.161 e. The summed E-state index contributed by atoms with van der Waals surface area (Å²) in [4.78, 5) is 0. The molecule has 0 bridgehead atoms. The van der Waals surface area contributed by atoms with Crippen molar-refractivity contribution in [1.82, 2.24) is 0 Å². The van der Waals surface area contributed by atoms with Crippen molar-refractivity contribution in [2.75, 3.05) is 6.61 Å². The highest BCUT2D eigenvalue weighted by Crippen LogP contribution is 2.29. The molecule has 2 aromatic carbocycles. The lowest BCUT2D eigenvalue weighted by molar-refractivity contribution is 0.269. The lowest BCUT2D eigenvalue weighted by Gasteiger charge is -2.13. The third-order valence-electron chi connectivity index (χ3n) is 2.78. The van der Waals surface area contributed by atoms with Crippen molar-refractivity contribution in [2.24, 2.45) is 5.73 Å². The molecule has 2 N–H and O–H groups in total. The van der Waals surface area contributed by atoms with Crippen LogP contribution in [-0.4, -0.2) is 6.61 Å². The first kappa shape index (κ1) is 13.4. The fraction of sp³-hybridized carbons (Fsp3) is 0.250. The average molecular weight is 257 g/mol. The van der Waals surface area contributed by atoms with Crippen molar-refractivity contribution in [3.05, 3.63) is 59.7 Å². The molecule has 0 radical (unpaired) electrons. The van der Waals surface area contributed by atoms with Gasteiger partial charge in [0.1, 0.15) is 6.61 Å². The van der Waals surface area contributed by atoms with Crippen LogP contribution >= 0.6 is 0 Å². The summed E-state index contributed by atoms with van der Waals surface area (Å²) >= 11 is 0. The predicted octanol–water partition coefficient (Wildman–Crippen LogP) is 3.12. The van der Waals surface area contributed by atoms with Crippen LogP contribution in [0.15, 0.2) is 48.5 Å². The molecule has 3 nitrogen and oxygen atoms in total. The molecular formula is C16H19NO2. The maximum atomic E-state index is 5.81. The quantitative estimate of drug-likeness (QED) is 0.864. The highest BCUT2D eigenvalue weighted by molar-refractivity contribution is 5.43. The van der Waals surface area contributed by atoms with Crippen LogP contribution in [0.4, 0.5) is 0 Å². The zero-order valence-electron chi connectivity index (χ0n) is 11.1. The maximum absolute atomic E-state index is 5.81. The molecule has 3 heteroatoms. The molecular weight excluding hydrogens is 238 g/mol. The fourth-order valence-corrected chi connectivity index (χ4v) is 1.80. The number of benzene rings is 2. The normalized spacial score (nSPS) is 10.2. The van der Waals surface area contributed by atoms with Crippen LogP contribution in [-0.2, 0) is 13.2 Å². The summed E-state index contributed by atoms with van der Waals surface area (Å²) in [6, 6.07) is 15.9. The van der Waals surface area contributed by atoms with Gasteiger partial charge in [-0.2, -0.15) is 0 Å². The van der Waals surface area contributed by atoms with Crippen molar-refractivity contribution in [3.8, 4) is 11.5 Å². The van der Waals surface area contributed by atoms with E-state index < -0.39 is 0 Å². The van der Waals surface area contributed by atoms with E-state index in [1.807, 2.05) is 55.5 Å². The van der Waals surface area contributed by atoms with E-state index in [2.05, 4.69) is 0 Å². The van der Waals surface area contributed by atoms with E-state index in [4.69, 9.17) is 15.2 Å². The SMILES string of the molecule is CCOc1cc(CN)ccc1OCc1ccccc1. The molecule has 0 heterocycles. The van der Waals surface area contributed by atoms with Gasteiger partial charge in [0, 0.05) is 6.54 Å². The Kier molecular flexibility index (Phi) is 4.81. The van der Waals surface area contributed by atoms with E-state index in [9.17, 15) is 0 Å². The Morgan fingerprint density at radius 1 is 0.895 bits per heavy atom. The van der Waals surface area contributed by atoms with E-state index >= 15 is 0 Å². The molecule has 0 aliphatic heterocycles. The molecule has 0 atom stereocenters. The van der Waals surface area contributed by atoms with Gasteiger partial charge in [0.05, 0.1) is 6.61 Å². The van der Waals surface area contributed by atoms with Crippen LogP contribution < -0.4 is 15.2 Å². The molecule has 0 spiro atoms. The Morgan fingerprint density at radius 2 is 1.68 bits per heavy atom. The summed E-state index contributed by atoms with van der Waals surface area (Å²) in [5.41, 5.74) is 7.80. The molecule has 0 saturated carbocycles. The first-order valence-corrected chi connectivity index (χ1v) is 6.46. The topological polar surface area (TPSA) is 44.5 Å². The average Bonchev–Trinajstić information content (AvgIpc) is 2.47. The van der Waals surface area contributed by atoms with Gasteiger partial charge in [-0.05, 0) is 30.2 Å². The number of rotatable bonds is 6. The summed E-state index contributed by atoms with van der Waals surface area (Å²) < 4.78 is 11.4. The minimum Gasteiger partial charge on any atom is -0.490 e. The van der Waals surface area contributed by atoms with Gasteiger partial charge >= 0.3 is 0 Å². The largest absolute Gasteiger partial charge is 0.490 e. The van der Waals surface area contributed by atoms with Crippen LogP contribution in [0.25, 0.3) is 0 Å². The van der Waals surface area contributed by atoms with Crippen molar-refractivity contribution >= 4 is 0 Å². The van der Waals surface area contributed by atoms with Gasteiger partial charge in [0.2, 0.25) is 0 Å². The second-order valence-corrected chi connectivity index (χ2v) is 4.19. The minimum absolute atomic E-state index is 0.499. The first-order chi connectivity index (χ1) is 9.33. The Bertz CT molecular complexity index is 511. The van der Waals surface area contributed by atoms with E-state index in [1.54, 1.807) is 0 Å². The Morgan fingerprint density at radius 3 is 2.37 bits per heavy atom. The Balaban J connectivity index is 2.10. The summed E-state index contributed by atoms with van der Waals surface area (Å²) in [6.07, 6.45) is 0. The molecule has 0 aliphatic carbocycles. The summed E-state index contributed by atoms with van der Waals surface area (Å²) in [5, 5.41) is 0. The fourth-order valence-electron chi connectivity index (χ4n) is 1.80. The van der Waals surface area contributed by atoms with Crippen LogP contribution in [0.2, 0.25) is 0 Å². The number of hydrogen-bond acceptors (Lipinski definition) is 3. The lowest BCUT2D eigenvalue weighted by Crippen LogP contribution is -2.02. The molecule has 2 rings (SSSR count). The number of nitrogens with two attached hydrogens (primary N) is 1. The standard InChI is InChI=1S/C16H19NO2/c1-2-18-16-10-14(11-17)8-9-15(16)19-12-13-6-4-3-5-7-13/h3-10H,2,11-12,17H2,1H3. The van der Waals surface area contributed by atoms with Gasteiger partial charge in [0.25, 0.3) is 0 Å². The Labute approximate surface area is 114 Å². The second kappa shape index (κ2) is 6.81. The van der Waals surface area contributed by atoms with Crippen molar-refractivity contribution in [3.63, 3.8) is 0 Å². The third-order valence-corrected chi connectivity index (χ3v) is 2.78. The summed E-state index contributed by atoms with van der Waals surface area (Å²) in [7, 11) is 0. The van der Waals surface area contributed by atoms with Gasteiger partial charge < -0.3 is 15.2 Å². The second-order valence-electron chi connectivity index (χ2n) is 4.19. The Hall–Kier alpha value is -2.00. The van der Waals surface area contributed by atoms with E-state index in [-0.39, 0.29) is 0 Å². The zero-order chi connectivity index (χ0) is 13.5. The van der Waals surface area contributed by atoms with Crippen molar-refractivity contribution < 1.29 is 9.47 Å². The molecule has 19 heavy (non-hydrogen) atoms. The highest BCUT2D eigenvalue weighted by atomic mass is 16.5. The molecule has 0 fully saturated rings. The molecule has 2 aromatic rings. The molecule has 0 amide bonds. The van der Waals surface area contributed by atoms with E-state index in [0.717, 1.165) is 22.6 Å². The lowest BCUT2D eigenvalue weighted by atomic mass is 10.2. The number of ether oxygens (including phenoxy) is 2. The van der Waals surface area contributed by atoms with Crippen LogP contribution in [0.3, 0.4) is 0 Å². The molecule has 0 unspecified atom stereocenters. The van der Waals surface area contributed by atoms with Crippen LogP contribution in [0.5, 0.6) is 11.5 Å². The molecule has 0 aliphatic rings. The highest BCUT2D eigenvalue weighted by Gasteiger charge is 2.06. The van der Waals surface area contributed by atoms with Gasteiger partial charge in [-0.1, -0.05) is 36.4 Å². The zero-order valence-corrected chi connectivity index (χ0v) is 11.1. The monoisotopic (exact) mass is 257 g/mol. The van der Waals surface area contributed by atoms with E-state index in [0.29, 0.717) is 19.8 Å². The van der Waals surface area contributed by atoms with Crippen molar-refractivity contribution in [1.29, 1.82) is 0 Å². The molecule has 100 valence electrons. The van der Waals surface area contributed by atoms with Gasteiger partial charge in [-0.15, -0.1) is 0 Å². The van der Waals surface area contributed by atoms with Crippen molar-refractivity contribution in [2.45, 2.75) is 20.1 Å². The smallest absolute Gasteiger partial charge is 0.161 e. The van der Waals surface area contributed by atoms with Crippen LogP contribution in [0.1, 0.15) is 18.1 Å². The predicted molar refractivity (Wildman–Crippen MR) is 76.3 cm³/mol. The third kappa shape index (κ3) is 3.73. The summed E-state index contributed by atoms with van der Waals surface area (Å²) in [6.45, 7) is 3.59.